The quantitative estimate of drug-likeness (QED) is 0.358. The number of hydrogen-bond donors (Lipinski definition) is 2. The first-order valence-electron chi connectivity index (χ1n) is 0.879. The molecule has 0 atom stereocenters. The van der Waals surface area contributed by atoms with Gasteiger partial charge in [0.2, 0.25) is 0 Å². The minimum absolute atomic E-state index is 0. The fourth-order valence-corrected chi connectivity index (χ4v) is 0. The maximum Gasteiger partial charge on any atom is 0.286 e. The molecule has 2 N–H and O–H groups in total. The van der Waals surface area contributed by atoms with Crippen LogP contribution in [0, 0.1) is 0 Å². The van der Waals surface area contributed by atoms with Crippen molar-refractivity contribution in [3.8, 4) is 0 Å². The van der Waals surface area contributed by atoms with Gasteiger partial charge in [-0.1, -0.05) is 0 Å². The number of rotatable bonds is 0. The van der Waals surface area contributed by atoms with Crippen LogP contribution in [-0.4, -0.2) is 5.24 Å². The molecular weight excluding hydrogens is 219 g/mol. The number of thiol groups is 1. The molecule has 0 radical (unpaired) electrons. The van der Waals surface area contributed by atoms with Gasteiger partial charge in [-0.3, -0.25) is 4.79 Å². The Morgan fingerprint density at radius 1 is 1.83 bits per heavy atom. The summed E-state index contributed by atoms with van der Waals surface area (Å²) in [5.41, 5.74) is 4.54. The number of nitrogens with two attached hydrogens (primary N) is 1. The average Bonchev–Trinajstić information content (AvgIpc) is 1.38. The normalized spacial score (nSPS) is 6.17. The van der Waals surface area contributed by atoms with Gasteiger partial charge in [-0.05, 0) is 0 Å². The first-order chi connectivity index (χ1) is 2.27. The van der Waals surface area contributed by atoms with Crippen molar-refractivity contribution in [1.82, 2.24) is 0 Å². The molecule has 0 aliphatic rings. The third kappa shape index (κ3) is 8.92. The van der Waals surface area contributed by atoms with Crippen molar-refractivity contribution in [1.29, 1.82) is 0 Å². The van der Waals surface area contributed by atoms with E-state index in [0.29, 0.717) is 10.8 Å². The number of amides is 1. The average molecular weight is 222 g/mol. The van der Waals surface area contributed by atoms with E-state index in [1.807, 2.05) is 0 Å². The smallest absolute Gasteiger partial charge is 0.286 e. The van der Waals surface area contributed by atoms with Crippen LogP contribution in [0.15, 0.2) is 0 Å². The summed E-state index contributed by atoms with van der Waals surface area (Å²) in [6, 6.07) is 0. The Morgan fingerprint density at radius 2 is 2.00 bits per heavy atom. The molecule has 0 saturated carbocycles. The zero-order valence-electron chi connectivity index (χ0n) is 3.05. The van der Waals surface area contributed by atoms with Gasteiger partial charge >= 0.3 is 0 Å². The predicted octanol–water partition coefficient (Wildman–Crippen LogP) is 0.641. The number of carbonyl (C=O) groups excluding carboxylic acids is 1. The Hall–Kier alpha value is 1.09. The van der Waals surface area contributed by atoms with Gasteiger partial charge in [0.25, 0.3) is 5.24 Å². The van der Waals surface area contributed by atoms with Crippen LogP contribution in [-0.2, 0) is 27.3 Å². The summed E-state index contributed by atoms with van der Waals surface area (Å²) in [5.74, 6) is 0. The van der Waals surface area contributed by atoms with Gasteiger partial charge in [0.1, 0.15) is 0 Å². The maximum absolute atomic E-state index is 9.48. The maximum atomic E-state index is 9.48. The van der Waals surface area contributed by atoms with E-state index < -0.39 is 5.24 Å². The molecule has 0 aromatic heterocycles. The van der Waals surface area contributed by atoms with Crippen molar-refractivity contribution >= 4 is 27.7 Å². The van der Waals surface area contributed by atoms with Gasteiger partial charge in [-0.2, -0.15) is 0 Å². The molecule has 0 saturated heterocycles. The van der Waals surface area contributed by atoms with E-state index in [-0.39, 0.29) is 27.3 Å². The van der Waals surface area contributed by atoms with Crippen molar-refractivity contribution in [3.05, 3.63) is 0 Å². The summed E-state index contributed by atoms with van der Waals surface area (Å²) >= 11 is 3.46. The second-order valence-electron chi connectivity index (χ2n) is 0.410. The van der Waals surface area contributed by atoms with Crippen molar-refractivity contribution in [2.24, 2.45) is 5.73 Å². The van der Waals surface area contributed by atoms with E-state index in [9.17, 15) is 4.79 Å². The molecule has 0 bridgehead atoms. The van der Waals surface area contributed by atoms with Crippen LogP contribution in [0.2, 0.25) is 0 Å². The minimum atomic E-state index is -0.465. The van der Waals surface area contributed by atoms with Gasteiger partial charge in [0, 0.05) is 38.1 Å². The van der Waals surface area contributed by atoms with E-state index in [4.69, 9.17) is 0 Å². The van der Waals surface area contributed by atoms with Gasteiger partial charge < -0.3 is 5.73 Å². The third-order valence-electron chi connectivity index (χ3n) is 0.0900. The monoisotopic (exact) mass is 223 g/mol. The van der Waals surface area contributed by atoms with Gasteiger partial charge in [0.15, 0.2) is 0 Å². The standard InChI is InChI=1S/CH3NOS2.Cd/c2-1(3)5-4;/h4H,(H2,2,3);. The summed E-state index contributed by atoms with van der Waals surface area (Å²) in [6.07, 6.45) is 0. The van der Waals surface area contributed by atoms with Crippen molar-refractivity contribution in [2.45, 2.75) is 0 Å². The van der Waals surface area contributed by atoms with Gasteiger partial charge in [-0.25, -0.2) is 0 Å². The molecule has 32 valence electrons. The second-order valence-corrected chi connectivity index (χ2v) is 1.54. The summed E-state index contributed by atoms with van der Waals surface area (Å²) in [7, 11) is 0.713. The molecule has 0 heterocycles. The molecule has 1 amide bonds. The molecule has 6 heavy (non-hydrogen) atoms. The van der Waals surface area contributed by atoms with Gasteiger partial charge in [-0.15, -0.1) is 11.7 Å². The van der Waals surface area contributed by atoms with E-state index in [1.165, 1.54) is 0 Å². The molecule has 5 heteroatoms. The van der Waals surface area contributed by atoms with Gasteiger partial charge in [0.05, 0.1) is 0 Å². The minimum Gasteiger partial charge on any atom is -0.360 e. The van der Waals surface area contributed by atoms with Crippen molar-refractivity contribution in [3.63, 3.8) is 0 Å². The molecule has 0 aliphatic heterocycles. The van der Waals surface area contributed by atoms with E-state index >= 15 is 0 Å². The second kappa shape index (κ2) is 6.09. The Balaban J connectivity index is 0. The molecular formula is CH3CdNOS2. The van der Waals surface area contributed by atoms with Crippen LogP contribution >= 0.6 is 22.5 Å². The number of primary amides is 1. The molecule has 0 fully saturated rings. The molecule has 0 unspecified atom stereocenters. The first kappa shape index (κ1) is 10.2. The summed E-state index contributed by atoms with van der Waals surface area (Å²) in [4.78, 5) is 9.48. The predicted molar refractivity (Wildman–Crippen MR) is 26.2 cm³/mol. The molecule has 0 aliphatic carbocycles. The van der Waals surface area contributed by atoms with E-state index in [0.717, 1.165) is 0 Å². The van der Waals surface area contributed by atoms with E-state index in [1.54, 1.807) is 0 Å². The van der Waals surface area contributed by atoms with Crippen LogP contribution in [0.5, 0.6) is 0 Å². The Morgan fingerprint density at radius 3 is 2.00 bits per heavy atom. The van der Waals surface area contributed by atoms with Crippen LogP contribution in [0.1, 0.15) is 0 Å². The van der Waals surface area contributed by atoms with Crippen LogP contribution in [0.25, 0.3) is 0 Å². The first-order valence-corrected chi connectivity index (χ1v) is 2.75. The summed E-state index contributed by atoms with van der Waals surface area (Å²) in [5, 5.41) is -0.465. The van der Waals surface area contributed by atoms with E-state index in [2.05, 4.69) is 17.4 Å². The number of hydrogen-bond acceptors (Lipinski definition) is 3. The van der Waals surface area contributed by atoms with Crippen LogP contribution in [0.4, 0.5) is 4.79 Å². The Bertz CT molecular complexity index is 48.8. The zero-order chi connectivity index (χ0) is 4.28. The zero-order valence-corrected chi connectivity index (χ0v) is 8.80. The molecule has 2 nitrogen and oxygen atoms in total. The van der Waals surface area contributed by atoms with Crippen LogP contribution < -0.4 is 5.73 Å². The molecule has 0 spiro atoms. The Kier molecular flexibility index (Phi) is 10.3. The third-order valence-corrected chi connectivity index (χ3v) is 0.810. The van der Waals surface area contributed by atoms with Crippen molar-refractivity contribution < 1.29 is 32.1 Å². The fourth-order valence-electron chi connectivity index (χ4n) is 0. The molecule has 0 rings (SSSR count). The van der Waals surface area contributed by atoms with Crippen LogP contribution in [0.3, 0.4) is 0 Å². The molecule has 0 aromatic rings. The summed E-state index contributed by atoms with van der Waals surface area (Å²) < 4.78 is 0. The Labute approximate surface area is 65.2 Å². The topological polar surface area (TPSA) is 43.1 Å². The number of carbonyl (C=O) groups is 1. The molecule has 0 aromatic carbocycles. The largest absolute Gasteiger partial charge is 0.360 e. The van der Waals surface area contributed by atoms with Crippen molar-refractivity contribution in [2.75, 3.05) is 0 Å². The SMILES string of the molecule is NC(=O)SS.[Cd]. The fraction of sp³-hybridized carbons (Fsp3) is 0. The summed E-state index contributed by atoms with van der Waals surface area (Å²) in [6.45, 7) is 0.